The van der Waals surface area contributed by atoms with Crippen molar-refractivity contribution in [3.05, 3.63) is 65.2 Å². The lowest BCUT2D eigenvalue weighted by Crippen LogP contribution is -2.34. The van der Waals surface area contributed by atoms with Crippen LogP contribution in [0.25, 0.3) is 22.3 Å². The maximum Gasteiger partial charge on any atom is 0.252 e. The number of rotatable bonds is 8. The summed E-state index contributed by atoms with van der Waals surface area (Å²) in [6.07, 6.45) is 1.72. The molecule has 1 atom stereocenters. The highest BCUT2D eigenvalue weighted by Crippen LogP contribution is 2.30. The summed E-state index contributed by atoms with van der Waals surface area (Å²) in [4.78, 5) is 20.5. The highest BCUT2D eigenvalue weighted by molar-refractivity contribution is 6.06. The number of likely N-dealkylation sites (N-methyl/N-ethyl adjacent to an activating group) is 1. The number of aromatic nitrogens is 3. The second-order valence-corrected chi connectivity index (χ2v) is 9.27. The summed E-state index contributed by atoms with van der Waals surface area (Å²) >= 11 is 0. The monoisotopic (exact) mass is 475 g/mol. The minimum Gasteiger partial charge on any atom is -0.497 e. The maximum absolute atomic E-state index is 13.6. The molecule has 4 rings (SSSR count). The van der Waals surface area contributed by atoms with Crippen molar-refractivity contribution in [1.82, 2.24) is 25.0 Å². The lowest BCUT2D eigenvalue weighted by molar-refractivity contribution is 0.0943. The number of nitrogens with one attached hydrogen (secondary N) is 1. The number of ether oxygens (including phenoxy) is 1. The molecule has 0 saturated heterocycles. The Bertz CT molecular complexity index is 1350. The van der Waals surface area contributed by atoms with Crippen LogP contribution in [0.2, 0.25) is 0 Å². The van der Waals surface area contributed by atoms with E-state index in [0.29, 0.717) is 23.4 Å². The van der Waals surface area contributed by atoms with Crippen molar-refractivity contribution < 1.29 is 13.9 Å². The molecule has 1 N–H and O–H groups in total. The van der Waals surface area contributed by atoms with E-state index in [2.05, 4.69) is 15.3 Å². The Hall–Kier alpha value is -3.65. The molecule has 0 spiro atoms. The van der Waals surface area contributed by atoms with Crippen LogP contribution >= 0.6 is 0 Å². The number of aryl methyl sites for hydroxylation is 2. The molecule has 1 amide bonds. The number of hydrogen-bond acceptors (Lipinski definition) is 6. The van der Waals surface area contributed by atoms with E-state index in [9.17, 15) is 4.79 Å². The van der Waals surface area contributed by atoms with Crippen molar-refractivity contribution in [2.75, 3.05) is 27.7 Å². The number of carbonyl (C=O) groups excluding carboxylic acids is 1. The van der Waals surface area contributed by atoms with Gasteiger partial charge in [0.05, 0.1) is 36.0 Å². The molecule has 1 unspecified atom stereocenters. The lowest BCUT2D eigenvalue weighted by Gasteiger charge is -2.25. The van der Waals surface area contributed by atoms with Gasteiger partial charge in [-0.05, 0) is 71.6 Å². The molecule has 0 aliphatic carbocycles. The number of furan rings is 1. The van der Waals surface area contributed by atoms with Crippen LogP contribution < -0.4 is 10.1 Å². The minimum atomic E-state index is -0.172. The SMILES string of the molecule is COc1cccc(C(CNC(=O)c2cc(-c3cc(C)oc3C)nc3c2cnn3C(C)C)N(C)C)c1. The first kappa shape index (κ1) is 24.5. The Labute approximate surface area is 205 Å². The molecule has 0 aliphatic rings. The van der Waals surface area contributed by atoms with E-state index in [1.807, 2.05) is 82.9 Å². The van der Waals surface area contributed by atoms with E-state index in [1.54, 1.807) is 13.3 Å². The van der Waals surface area contributed by atoms with E-state index in [4.69, 9.17) is 14.1 Å². The second kappa shape index (κ2) is 9.92. The number of nitrogens with zero attached hydrogens (tertiary/aromatic N) is 4. The van der Waals surface area contributed by atoms with E-state index in [-0.39, 0.29) is 18.0 Å². The minimum absolute atomic E-state index is 0.0250. The fraction of sp³-hybridized carbons (Fsp3) is 0.370. The number of pyridine rings is 1. The summed E-state index contributed by atoms with van der Waals surface area (Å²) in [6, 6.07) is 11.8. The summed E-state index contributed by atoms with van der Waals surface area (Å²) in [5.74, 6) is 2.18. The van der Waals surface area contributed by atoms with Gasteiger partial charge in [-0.3, -0.25) is 4.79 Å². The Morgan fingerprint density at radius 2 is 1.97 bits per heavy atom. The Balaban J connectivity index is 1.71. The number of amides is 1. The fourth-order valence-electron chi connectivity index (χ4n) is 4.34. The molecule has 3 aromatic heterocycles. The van der Waals surface area contributed by atoms with Crippen molar-refractivity contribution in [1.29, 1.82) is 0 Å². The third-order valence-electron chi connectivity index (χ3n) is 6.18. The van der Waals surface area contributed by atoms with Crippen LogP contribution in [0.3, 0.4) is 0 Å². The first-order chi connectivity index (χ1) is 16.7. The molecule has 0 radical (unpaired) electrons. The predicted octanol–water partition coefficient (Wildman–Crippen LogP) is 4.93. The van der Waals surface area contributed by atoms with Crippen molar-refractivity contribution in [2.24, 2.45) is 0 Å². The molecule has 0 aliphatic heterocycles. The van der Waals surface area contributed by atoms with Gasteiger partial charge in [-0.1, -0.05) is 12.1 Å². The van der Waals surface area contributed by atoms with Gasteiger partial charge in [0.15, 0.2) is 5.65 Å². The van der Waals surface area contributed by atoms with Gasteiger partial charge in [0, 0.05) is 18.2 Å². The summed E-state index contributed by atoms with van der Waals surface area (Å²) in [5.41, 5.74) is 3.84. The number of carbonyl (C=O) groups is 1. The first-order valence-electron chi connectivity index (χ1n) is 11.7. The fourth-order valence-corrected chi connectivity index (χ4v) is 4.34. The second-order valence-electron chi connectivity index (χ2n) is 9.27. The molecule has 1 aromatic carbocycles. The third kappa shape index (κ3) is 4.93. The average Bonchev–Trinajstić information content (AvgIpc) is 3.40. The van der Waals surface area contributed by atoms with Crippen LogP contribution in [0.1, 0.15) is 53.4 Å². The van der Waals surface area contributed by atoms with Gasteiger partial charge in [0.1, 0.15) is 17.3 Å². The molecule has 0 fully saturated rings. The average molecular weight is 476 g/mol. The molecule has 184 valence electrons. The molecule has 4 aromatic rings. The molecule has 0 bridgehead atoms. The largest absolute Gasteiger partial charge is 0.497 e. The van der Waals surface area contributed by atoms with Crippen LogP contribution in [0.4, 0.5) is 0 Å². The van der Waals surface area contributed by atoms with Crippen LogP contribution in [0.5, 0.6) is 5.75 Å². The van der Waals surface area contributed by atoms with Crippen LogP contribution in [0, 0.1) is 13.8 Å². The Morgan fingerprint density at radius 3 is 2.60 bits per heavy atom. The van der Waals surface area contributed by atoms with E-state index >= 15 is 0 Å². The number of methoxy groups -OCH3 is 1. The van der Waals surface area contributed by atoms with Crippen LogP contribution in [-0.2, 0) is 0 Å². The van der Waals surface area contributed by atoms with Crippen molar-refractivity contribution in [2.45, 2.75) is 39.8 Å². The summed E-state index contributed by atoms with van der Waals surface area (Å²) in [7, 11) is 5.64. The molecular formula is C27H33N5O3. The highest BCUT2D eigenvalue weighted by atomic mass is 16.5. The molecule has 0 saturated carbocycles. The number of benzene rings is 1. The standard InChI is InChI=1S/C27H33N5O3/c1-16(2)32-26-23(14-29-32)22(13-24(30-26)21-11-17(3)35-18(21)4)27(33)28-15-25(31(5)6)19-9-8-10-20(12-19)34-7/h8-14,16,25H,15H2,1-7H3,(H,28,33). The molecule has 35 heavy (non-hydrogen) atoms. The smallest absolute Gasteiger partial charge is 0.252 e. The zero-order valence-corrected chi connectivity index (χ0v) is 21.4. The van der Waals surface area contributed by atoms with Gasteiger partial charge in [-0.2, -0.15) is 5.10 Å². The molecule has 8 heteroatoms. The van der Waals surface area contributed by atoms with E-state index < -0.39 is 0 Å². The zero-order valence-electron chi connectivity index (χ0n) is 21.4. The maximum atomic E-state index is 13.6. The van der Waals surface area contributed by atoms with Gasteiger partial charge in [-0.15, -0.1) is 0 Å². The third-order valence-corrected chi connectivity index (χ3v) is 6.18. The predicted molar refractivity (Wildman–Crippen MR) is 137 cm³/mol. The Morgan fingerprint density at radius 1 is 1.20 bits per heavy atom. The van der Waals surface area contributed by atoms with Crippen molar-refractivity contribution >= 4 is 16.9 Å². The van der Waals surface area contributed by atoms with E-state index in [0.717, 1.165) is 33.8 Å². The summed E-state index contributed by atoms with van der Waals surface area (Å²) < 4.78 is 13.0. The first-order valence-corrected chi connectivity index (χ1v) is 11.7. The van der Waals surface area contributed by atoms with Gasteiger partial charge in [0.25, 0.3) is 5.91 Å². The number of hydrogen-bond donors (Lipinski definition) is 1. The topological polar surface area (TPSA) is 85.4 Å². The molecular weight excluding hydrogens is 442 g/mol. The summed E-state index contributed by atoms with van der Waals surface area (Å²) in [6.45, 7) is 8.33. The summed E-state index contributed by atoms with van der Waals surface area (Å²) in [5, 5.41) is 8.38. The van der Waals surface area contributed by atoms with Crippen molar-refractivity contribution in [3.63, 3.8) is 0 Å². The zero-order chi connectivity index (χ0) is 25.3. The number of fused-ring (bicyclic) bond motifs is 1. The van der Waals surface area contributed by atoms with Gasteiger partial charge in [-0.25, -0.2) is 9.67 Å². The van der Waals surface area contributed by atoms with Gasteiger partial charge >= 0.3 is 0 Å². The normalized spacial score (nSPS) is 12.5. The Kier molecular flexibility index (Phi) is 6.93. The van der Waals surface area contributed by atoms with Gasteiger partial charge in [0.2, 0.25) is 0 Å². The van der Waals surface area contributed by atoms with Crippen LogP contribution in [-0.4, -0.2) is 53.3 Å². The lowest BCUT2D eigenvalue weighted by atomic mass is 10.0. The van der Waals surface area contributed by atoms with Crippen LogP contribution in [0.15, 0.2) is 47.0 Å². The highest BCUT2D eigenvalue weighted by Gasteiger charge is 2.22. The van der Waals surface area contributed by atoms with Gasteiger partial charge < -0.3 is 19.4 Å². The molecule has 3 heterocycles. The van der Waals surface area contributed by atoms with Crippen molar-refractivity contribution in [3.8, 4) is 17.0 Å². The molecule has 8 nitrogen and oxygen atoms in total. The quantitative estimate of drug-likeness (QED) is 0.389. The van der Waals surface area contributed by atoms with E-state index in [1.165, 1.54) is 0 Å².